The van der Waals surface area contributed by atoms with Gasteiger partial charge in [0.1, 0.15) is 0 Å². The van der Waals surface area contributed by atoms with E-state index < -0.39 is 0 Å². The molecule has 2 rings (SSSR count). The Bertz CT molecular complexity index is 420. The minimum atomic E-state index is 0. The minimum absolute atomic E-state index is 0. The number of nitrogens with zero attached hydrogens (tertiary/aromatic N) is 2. The number of piperidine rings is 1. The molecule has 1 fully saturated rings. The molecule has 0 spiro atoms. The van der Waals surface area contributed by atoms with Crippen LogP contribution in [0.5, 0.6) is 0 Å². The highest BCUT2D eigenvalue weighted by Crippen LogP contribution is 2.15. The molecule has 2 N–H and O–H groups in total. The molecule has 1 saturated heterocycles. The van der Waals surface area contributed by atoms with E-state index in [1.807, 2.05) is 0 Å². The number of halogens is 1. The van der Waals surface area contributed by atoms with Crippen LogP contribution in [0.3, 0.4) is 0 Å². The summed E-state index contributed by atoms with van der Waals surface area (Å²) in [7, 11) is 0. The Kier molecular flexibility index (Phi) is 7.34. The average Bonchev–Trinajstić information content (AvgIpc) is 2.41. The van der Waals surface area contributed by atoms with Crippen molar-refractivity contribution >= 4 is 29.9 Å². The Morgan fingerprint density at radius 3 is 2.45 bits per heavy atom. The second kappa shape index (κ2) is 8.49. The Morgan fingerprint density at radius 2 is 1.85 bits per heavy atom. The number of benzene rings is 1. The van der Waals surface area contributed by atoms with Gasteiger partial charge < -0.3 is 10.6 Å². The lowest BCUT2D eigenvalue weighted by Crippen LogP contribution is -2.42. The average molecular weight is 387 g/mol. The van der Waals surface area contributed by atoms with Crippen LogP contribution in [0.15, 0.2) is 29.3 Å². The fourth-order valence-corrected chi connectivity index (χ4v) is 2.39. The maximum absolute atomic E-state index is 6.06. The fourth-order valence-electron chi connectivity index (χ4n) is 2.39. The Hall–Kier alpha value is -0.780. The van der Waals surface area contributed by atoms with Crippen LogP contribution in [0, 0.1) is 12.8 Å². The number of hydrogen-bond donors (Lipinski definition) is 1. The minimum Gasteiger partial charge on any atom is -0.370 e. The van der Waals surface area contributed by atoms with E-state index in [-0.39, 0.29) is 24.0 Å². The highest BCUT2D eigenvalue weighted by molar-refractivity contribution is 14.0. The normalized spacial score (nSPS) is 16.9. The third-order valence-corrected chi connectivity index (χ3v) is 3.90. The van der Waals surface area contributed by atoms with E-state index in [1.165, 1.54) is 24.0 Å². The van der Waals surface area contributed by atoms with Crippen LogP contribution < -0.4 is 5.73 Å². The molecule has 1 aliphatic heterocycles. The molecule has 4 heteroatoms. The van der Waals surface area contributed by atoms with E-state index in [0.717, 1.165) is 37.9 Å². The first-order valence-corrected chi connectivity index (χ1v) is 7.25. The van der Waals surface area contributed by atoms with E-state index in [1.54, 1.807) is 0 Å². The quantitative estimate of drug-likeness (QED) is 0.492. The summed E-state index contributed by atoms with van der Waals surface area (Å²) in [6.45, 7) is 7.31. The molecular formula is C16H26IN3. The SMILES string of the molecule is Cc1ccc(CCN=C(N)N2CCC(C)CC2)cc1.I. The van der Waals surface area contributed by atoms with Crippen molar-refractivity contribution in [2.45, 2.75) is 33.1 Å². The lowest BCUT2D eigenvalue weighted by atomic mass is 10.00. The summed E-state index contributed by atoms with van der Waals surface area (Å²) < 4.78 is 0. The zero-order valence-corrected chi connectivity index (χ0v) is 14.8. The van der Waals surface area contributed by atoms with Crippen molar-refractivity contribution in [1.29, 1.82) is 0 Å². The van der Waals surface area contributed by atoms with Crippen LogP contribution in [-0.2, 0) is 6.42 Å². The summed E-state index contributed by atoms with van der Waals surface area (Å²) in [4.78, 5) is 6.73. The Morgan fingerprint density at radius 1 is 1.25 bits per heavy atom. The van der Waals surface area contributed by atoms with Crippen LogP contribution >= 0.6 is 24.0 Å². The topological polar surface area (TPSA) is 41.6 Å². The summed E-state index contributed by atoms with van der Waals surface area (Å²) in [6.07, 6.45) is 3.42. The number of guanidine groups is 1. The number of rotatable bonds is 3. The molecule has 1 aliphatic rings. The van der Waals surface area contributed by atoms with Gasteiger partial charge in [-0.05, 0) is 37.7 Å². The number of aryl methyl sites for hydroxylation is 1. The number of hydrogen-bond acceptors (Lipinski definition) is 1. The van der Waals surface area contributed by atoms with Gasteiger partial charge in [-0.2, -0.15) is 0 Å². The zero-order valence-electron chi connectivity index (χ0n) is 12.5. The first kappa shape index (κ1) is 17.3. The highest BCUT2D eigenvalue weighted by atomic mass is 127. The predicted octanol–water partition coefficient (Wildman–Crippen LogP) is 3.20. The lowest BCUT2D eigenvalue weighted by molar-refractivity contribution is 0.277. The van der Waals surface area contributed by atoms with Gasteiger partial charge >= 0.3 is 0 Å². The molecule has 0 unspecified atom stereocenters. The van der Waals surface area contributed by atoms with Crippen molar-refractivity contribution in [1.82, 2.24) is 4.90 Å². The van der Waals surface area contributed by atoms with Gasteiger partial charge in [-0.25, -0.2) is 0 Å². The van der Waals surface area contributed by atoms with Crippen LogP contribution in [0.4, 0.5) is 0 Å². The van der Waals surface area contributed by atoms with Gasteiger partial charge in [0.05, 0.1) is 0 Å². The monoisotopic (exact) mass is 387 g/mol. The molecule has 20 heavy (non-hydrogen) atoms. The van der Waals surface area contributed by atoms with Crippen molar-refractivity contribution in [2.75, 3.05) is 19.6 Å². The lowest BCUT2D eigenvalue weighted by Gasteiger charge is -2.31. The largest absolute Gasteiger partial charge is 0.370 e. The summed E-state index contributed by atoms with van der Waals surface area (Å²) >= 11 is 0. The molecule has 0 atom stereocenters. The molecule has 0 aliphatic carbocycles. The van der Waals surface area contributed by atoms with Crippen LogP contribution in [0.1, 0.15) is 30.9 Å². The molecular weight excluding hydrogens is 361 g/mol. The third-order valence-electron chi connectivity index (χ3n) is 3.90. The molecule has 1 heterocycles. The van der Waals surface area contributed by atoms with Crippen molar-refractivity contribution in [2.24, 2.45) is 16.6 Å². The summed E-state index contributed by atoms with van der Waals surface area (Å²) in [5, 5.41) is 0. The van der Waals surface area contributed by atoms with Gasteiger partial charge in [0.2, 0.25) is 0 Å². The Balaban J connectivity index is 0.00000200. The molecule has 0 amide bonds. The molecule has 0 radical (unpaired) electrons. The first-order chi connectivity index (χ1) is 9.15. The first-order valence-electron chi connectivity index (χ1n) is 7.25. The molecule has 0 bridgehead atoms. The highest BCUT2D eigenvalue weighted by Gasteiger charge is 2.16. The Labute approximate surface area is 139 Å². The maximum Gasteiger partial charge on any atom is 0.191 e. The van der Waals surface area contributed by atoms with Gasteiger partial charge in [-0.1, -0.05) is 36.8 Å². The summed E-state index contributed by atoms with van der Waals surface area (Å²) in [5.41, 5.74) is 8.69. The summed E-state index contributed by atoms with van der Waals surface area (Å²) in [5.74, 6) is 1.55. The van der Waals surface area contributed by atoms with Crippen molar-refractivity contribution in [3.05, 3.63) is 35.4 Å². The van der Waals surface area contributed by atoms with Crippen molar-refractivity contribution < 1.29 is 0 Å². The van der Waals surface area contributed by atoms with Crippen molar-refractivity contribution in [3.63, 3.8) is 0 Å². The standard InChI is InChI=1S/C16H25N3.HI/c1-13-3-5-15(6-4-13)7-10-18-16(17)19-11-8-14(2)9-12-19;/h3-6,14H,7-12H2,1-2H3,(H2,17,18);1H. The van der Waals surface area contributed by atoms with Gasteiger partial charge in [-0.15, -0.1) is 24.0 Å². The second-order valence-electron chi connectivity index (χ2n) is 5.65. The number of nitrogens with two attached hydrogens (primary N) is 1. The van der Waals surface area contributed by atoms with Gasteiger partial charge in [0, 0.05) is 19.6 Å². The van der Waals surface area contributed by atoms with Gasteiger partial charge in [0.25, 0.3) is 0 Å². The molecule has 1 aromatic rings. The van der Waals surface area contributed by atoms with E-state index in [0.29, 0.717) is 0 Å². The smallest absolute Gasteiger partial charge is 0.191 e. The van der Waals surface area contributed by atoms with Crippen molar-refractivity contribution in [3.8, 4) is 0 Å². The molecule has 0 aromatic heterocycles. The van der Waals surface area contributed by atoms with E-state index in [2.05, 4.69) is 48.0 Å². The summed E-state index contributed by atoms with van der Waals surface area (Å²) in [6, 6.07) is 8.64. The number of likely N-dealkylation sites (tertiary alicyclic amines) is 1. The van der Waals surface area contributed by atoms with Crippen LogP contribution in [-0.4, -0.2) is 30.5 Å². The molecule has 112 valence electrons. The zero-order chi connectivity index (χ0) is 13.7. The maximum atomic E-state index is 6.06. The number of aliphatic imine (C=N–C) groups is 1. The second-order valence-corrected chi connectivity index (χ2v) is 5.65. The van der Waals surface area contributed by atoms with E-state index >= 15 is 0 Å². The molecule has 3 nitrogen and oxygen atoms in total. The third kappa shape index (κ3) is 5.31. The van der Waals surface area contributed by atoms with Gasteiger partial charge in [-0.3, -0.25) is 4.99 Å². The van der Waals surface area contributed by atoms with E-state index in [9.17, 15) is 0 Å². The molecule has 1 aromatic carbocycles. The van der Waals surface area contributed by atoms with Crippen LogP contribution in [0.25, 0.3) is 0 Å². The van der Waals surface area contributed by atoms with Crippen LogP contribution in [0.2, 0.25) is 0 Å². The molecule has 0 saturated carbocycles. The fraction of sp³-hybridized carbons (Fsp3) is 0.562. The van der Waals surface area contributed by atoms with Gasteiger partial charge in [0.15, 0.2) is 5.96 Å². The van der Waals surface area contributed by atoms with E-state index in [4.69, 9.17) is 5.73 Å². The predicted molar refractivity (Wildman–Crippen MR) is 96.8 cm³/mol.